The Bertz CT molecular complexity index is 115. The van der Waals surface area contributed by atoms with Gasteiger partial charge in [0.1, 0.15) is 0 Å². The van der Waals surface area contributed by atoms with Gasteiger partial charge >= 0.3 is 0 Å². The van der Waals surface area contributed by atoms with Crippen LogP contribution in [0.5, 0.6) is 0 Å². The van der Waals surface area contributed by atoms with E-state index in [-0.39, 0.29) is 0 Å². The highest BCUT2D eigenvalue weighted by Gasteiger charge is 1.96. The van der Waals surface area contributed by atoms with Crippen LogP contribution in [0.2, 0.25) is 0 Å². The second kappa shape index (κ2) is 12.0. The van der Waals surface area contributed by atoms with E-state index < -0.39 is 0 Å². The molecule has 0 fully saturated rings. The standard InChI is InChI=1S/C13H30N2/c1-3-4-5-6-7-8-9-10-11-15-13(2)12-14/h13,15H,3-12,14H2,1-2H3. The molecule has 0 aromatic rings. The van der Waals surface area contributed by atoms with E-state index in [9.17, 15) is 0 Å². The number of hydrogen-bond donors (Lipinski definition) is 2. The van der Waals surface area contributed by atoms with Gasteiger partial charge < -0.3 is 11.1 Å². The quantitative estimate of drug-likeness (QED) is 0.519. The van der Waals surface area contributed by atoms with E-state index in [1.54, 1.807) is 0 Å². The average molecular weight is 214 g/mol. The predicted molar refractivity (Wildman–Crippen MR) is 69.1 cm³/mol. The largest absolute Gasteiger partial charge is 0.329 e. The van der Waals surface area contributed by atoms with Crippen LogP contribution < -0.4 is 11.1 Å². The minimum Gasteiger partial charge on any atom is -0.329 e. The molecule has 0 aromatic heterocycles. The first kappa shape index (κ1) is 14.9. The Kier molecular flexibility index (Phi) is 11.9. The fraction of sp³-hybridized carbons (Fsp3) is 1.00. The number of rotatable bonds is 11. The number of nitrogens with two attached hydrogens (primary N) is 1. The Balaban J connectivity index is 2.92. The van der Waals surface area contributed by atoms with Crippen molar-refractivity contribution < 1.29 is 0 Å². The molecule has 0 aliphatic rings. The van der Waals surface area contributed by atoms with Crippen molar-refractivity contribution in [2.45, 2.75) is 71.3 Å². The normalized spacial score (nSPS) is 13.0. The molecule has 2 nitrogen and oxygen atoms in total. The number of hydrogen-bond acceptors (Lipinski definition) is 2. The third-order valence-electron chi connectivity index (χ3n) is 2.88. The lowest BCUT2D eigenvalue weighted by Crippen LogP contribution is -2.33. The summed E-state index contributed by atoms with van der Waals surface area (Å²) in [7, 11) is 0. The van der Waals surface area contributed by atoms with Gasteiger partial charge in [-0.1, -0.05) is 51.9 Å². The van der Waals surface area contributed by atoms with Gasteiger partial charge in [0.25, 0.3) is 0 Å². The number of unbranched alkanes of at least 4 members (excludes halogenated alkanes) is 7. The van der Waals surface area contributed by atoms with Gasteiger partial charge in [-0.25, -0.2) is 0 Å². The topological polar surface area (TPSA) is 38.0 Å². The summed E-state index contributed by atoms with van der Waals surface area (Å²) in [5.41, 5.74) is 5.52. The molecule has 3 N–H and O–H groups in total. The SMILES string of the molecule is CCCCCCCCCCNC(C)CN. The molecule has 0 spiro atoms. The third kappa shape index (κ3) is 11.8. The van der Waals surface area contributed by atoms with E-state index in [1.807, 2.05) is 0 Å². The van der Waals surface area contributed by atoms with Gasteiger partial charge in [0.2, 0.25) is 0 Å². The van der Waals surface area contributed by atoms with E-state index in [0.29, 0.717) is 6.04 Å². The summed E-state index contributed by atoms with van der Waals surface area (Å²) in [6.45, 7) is 6.29. The van der Waals surface area contributed by atoms with Crippen LogP contribution in [-0.2, 0) is 0 Å². The maximum atomic E-state index is 5.52. The Labute approximate surface area is 96.0 Å². The van der Waals surface area contributed by atoms with Crippen molar-refractivity contribution in [1.82, 2.24) is 5.32 Å². The van der Waals surface area contributed by atoms with Crippen molar-refractivity contribution in [3.63, 3.8) is 0 Å². The molecule has 0 amide bonds. The molecule has 0 saturated heterocycles. The first-order valence-electron chi connectivity index (χ1n) is 6.74. The van der Waals surface area contributed by atoms with Crippen LogP contribution in [0.25, 0.3) is 0 Å². The average Bonchev–Trinajstić information content (AvgIpc) is 2.26. The van der Waals surface area contributed by atoms with E-state index >= 15 is 0 Å². The second-order valence-electron chi connectivity index (χ2n) is 4.57. The van der Waals surface area contributed by atoms with E-state index in [2.05, 4.69) is 19.2 Å². The summed E-state index contributed by atoms with van der Waals surface area (Å²) in [6, 6.07) is 0.481. The molecule has 92 valence electrons. The molecular weight excluding hydrogens is 184 g/mol. The second-order valence-corrected chi connectivity index (χ2v) is 4.57. The molecule has 0 aliphatic carbocycles. The monoisotopic (exact) mass is 214 g/mol. The zero-order valence-corrected chi connectivity index (χ0v) is 10.7. The minimum absolute atomic E-state index is 0.481. The highest BCUT2D eigenvalue weighted by molar-refractivity contribution is 4.60. The fourth-order valence-corrected chi connectivity index (χ4v) is 1.69. The summed E-state index contributed by atoms with van der Waals surface area (Å²) in [5.74, 6) is 0. The lowest BCUT2D eigenvalue weighted by Gasteiger charge is -2.10. The van der Waals surface area contributed by atoms with E-state index in [1.165, 1.54) is 51.4 Å². The van der Waals surface area contributed by atoms with Crippen LogP contribution in [-0.4, -0.2) is 19.1 Å². The number of nitrogens with one attached hydrogen (secondary N) is 1. The van der Waals surface area contributed by atoms with Crippen molar-refractivity contribution in [2.24, 2.45) is 5.73 Å². The predicted octanol–water partition coefficient (Wildman–Crippen LogP) is 3.06. The van der Waals surface area contributed by atoms with Gasteiger partial charge in [-0.05, 0) is 19.9 Å². The zero-order chi connectivity index (χ0) is 11.4. The van der Waals surface area contributed by atoms with E-state index in [0.717, 1.165) is 13.1 Å². The van der Waals surface area contributed by atoms with Gasteiger partial charge in [0, 0.05) is 12.6 Å². The molecule has 1 unspecified atom stereocenters. The molecule has 0 rings (SSSR count). The van der Waals surface area contributed by atoms with Gasteiger partial charge in [-0.3, -0.25) is 0 Å². The molecular formula is C13H30N2. The summed E-state index contributed by atoms with van der Waals surface area (Å²) >= 11 is 0. The van der Waals surface area contributed by atoms with Crippen LogP contribution in [0.1, 0.15) is 65.2 Å². The molecule has 0 saturated carbocycles. The Morgan fingerprint density at radius 1 is 0.933 bits per heavy atom. The Hall–Kier alpha value is -0.0800. The Morgan fingerprint density at radius 3 is 2.00 bits per heavy atom. The highest BCUT2D eigenvalue weighted by atomic mass is 14.9. The summed E-state index contributed by atoms with van der Waals surface area (Å²) in [5, 5.41) is 3.42. The molecule has 0 aromatic carbocycles. The first-order valence-corrected chi connectivity index (χ1v) is 6.74. The van der Waals surface area contributed by atoms with Crippen LogP contribution in [0.3, 0.4) is 0 Å². The summed E-state index contributed by atoms with van der Waals surface area (Å²) in [4.78, 5) is 0. The maximum Gasteiger partial charge on any atom is 0.0161 e. The lowest BCUT2D eigenvalue weighted by molar-refractivity contribution is 0.514. The third-order valence-corrected chi connectivity index (χ3v) is 2.88. The first-order chi connectivity index (χ1) is 7.31. The van der Waals surface area contributed by atoms with E-state index in [4.69, 9.17) is 5.73 Å². The maximum absolute atomic E-state index is 5.52. The fourth-order valence-electron chi connectivity index (χ4n) is 1.69. The van der Waals surface area contributed by atoms with Crippen molar-refractivity contribution >= 4 is 0 Å². The summed E-state index contributed by atoms with van der Waals surface area (Å²) < 4.78 is 0. The molecule has 0 radical (unpaired) electrons. The van der Waals surface area contributed by atoms with Crippen LogP contribution in [0.15, 0.2) is 0 Å². The van der Waals surface area contributed by atoms with Gasteiger partial charge in [-0.15, -0.1) is 0 Å². The minimum atomic E-state index is 0.481. The van der Waals surface area contributed by atoms with Crippen LogP contribution >= 0.6 is 0 Å². The highest BCUT2D eigenvalue weighted by Crippen LogP contribution is 2.07. The molecule has 15 heavy (non-hydrogen) atoms. The van der Waals surface area contributed by atoms with Crippen molar-refractivity contribution in [3.05, 3.63) is 0 Å². The van der Waals surface area contributed by atoms with Gasteiger partial charge in [0.15, 0.2) is 0 Å². The molecule has 2 heteroatoms. The smallest absolute Gasteiger partial charge is 0.0161 e. The van der Waals surface area contributed by atoms with Crippen molar-refractivity contribution in [3.8, 4) is 0 Å². The molecule has 0 heterocycles. The van der Waals surface area contributed by atoms with Gasteiger partial charge in [-0.2, -0.15) is 0 Å². The Morgan fingerprint density at radius 2 is 1.47 bits per heavy atom. The zero-order valence-electron chi connectivity index (χ0n) is 10.7. The van der Waals surface area contributed by atoms with Gasteiger partial charge in [0.05, 0.1) is 0 Å². The van der Waals surface area contributed by atoms with Crippen LogP contribution in [0, 0.1) is 0 Å². The summed E-state index contributed by atoms with van der Waals surface area (Å²) in [6.07, 6.45) is 11.1. The molecule has 0 bridgehead atoms. The lowest BCUT2D eigenvalue weighted by atomic mass is 10.1. The van der Waals surface area contributed by atoms with Crippen LogP contribution in [0.4, 0.5) is 0 Å². The van der Waals surface area contributed by atoms with Crippen molar-refractivity contribution in [2.75, 3.05) is 13.1 Å². The molecule has 0 aliphatic heterocycles. The van der Waals surface area contributed by atoms with Crippen molar-refractivity contribution in [1.29, 1.82) is 0 Å². The molecule has 1 atom stereocenters.